The van der Waals surface area contributed by atoms with Gasteiger partial charge in [-0.2, -0.15) is 0 Å². The van der Waals surface area contributed by atoms with E-state index in [9.17, 15) is 8.42 Å². The normalized spacial score (nSPS) is 14.2. The fraction of sp³-hybridized carbons (Fsp3) is 0.750. The van der Waals surface area contributed by atoms with E-state index in [2.05, 4.69) is 6.58 Å². The van der Waals surface area contributed by atoms with Crippen LogP contribution >= 0.6 is 0 Å². The Morgan fingerprint density at radius 3 is 2.42 bits per heavy atom. The van der Waals surface area contributed by atoms with Crippen LogP contribution in [-0.4, -0.2) is 26.2 Å². The summed E-state index contributed by atoms with van der Waals surface area (Å²) in [5.41, 5.74) is 0.104. The minimum Gasteiger partial charge on any atom is -0.358 e. The smallest absolute Gasteiger partial charge is 0.176 e. The molecule has 0 aromatic rings. The molecular formula is C8H16O3S. The zero-order chi connectivity index (χ0) is 9.78. The minimum atomic E-state index is -3.06. The van der Waals surface area contributed by atoms with Crippen LogP contribution in [0.5, 0.6) is 0 Å². The number of hydrogen-bond acceptors (Lipinski definition) is 3. The highest BCUT2D eigenvalue weighted by atomic mass is 32.2. The van der Waals surface area contributed by atoms with Crippen LogP contribution in [0.3, 0.4) is 0 Å². The molecule has 0 aromatic carbocycles. The highest BCUT2D eigenvalue weighted by Gasteiger charge is 2.18. The molecule has 1 unspecified atom stereocenters. The number of sulfone groups is 1. The molecule has 3 nitrogen and oxygen atoms in total. The predicted octanol–water partition coefficient (Wildman–Crippen LogP) is 1.36. The van der Waals surface area contributed by atoms with Crippen molar-refractivity contribution in [2.75, 3.05) is 12.4 Å². The second-order valence-electron chi connectivity index (χ2n) is 2.79. The van der Waals surface area contributed by atoms with Gasteiger partial charge in [0.25, 0.3) is 0 Å². The summed E-state index contributed by atoms with van der Waals surface area (Å²) in [7, 11) is -3.06. The van der Waals surface area contributed by atoms with Crippen molar-refractivity contribution in [3.63, 3.8) is 0 Å². The second-order valence-corrected chi connectivity index (χ2v) is 5.35. The van der Waals surface area contributed by atoms with Crippen molar-refractivity contribution < 1.29 is 13.2 Å². The van der Waals surface area contributed by atoms with E-state index in [4.69, 9.17) is 4.74 Å². The maximum Gasteiger partial charge on any atom is 0.176 e. The topological polar surface area (TPSA) is 43.4 Å². The average Bonchev–Trinajstić information content (AvgIpc) is 2.00. The van der Waals surface area contributed by atoms with Crippen LogP contribution in [0.1, 0.15) is 20.8 Å². The van der Waals surface area contributed by atoms with Gasteiger partial charge in [0.2, 0.25) is 0 Å². The van der Waals surface area contributed by atoms with Crippen molar-refractivity contribution in [3.8, 4) is 0 Å². The Morgan fingerprint density at radius 1 is 1.58 bits per heavy atom. The molecule has 0 aliphatic rings. The molecule has 0 aromatic heterocycles. The third-order valence-corrected chi connectivity index (χ3v) is 3.42. The lowest BCUT2D eigenvalue weighted by Crippen LogP contribution is -2.23. The van der Waals surface area contributed by atoms with Crippen LogP contribution < -0.4 is 0 Å². The lowest BCUT2D eigenvalue weighted by Gasteiger charge is -2.12. The summed E-state index contributed by atoms with van der Waals surface area (Å²) in [6, 6.07) is 0. The molecule has 0 aliphatic heterocycles. The molecule has 0 rings (SSSR count). The first-order chi connectivity index (χ1) is 5.40. The van der Waals surface area contributed by atoms with Gasteiger partial charge < -0.3 is 4.74 Å². The standard InChI is InChI=1S/C8H16O3S/c1-5-12(9,10)8(4)11-6-7(2)3/h8H,2,5-6H2,1,3-4H3. The molecule has 0 saturated heterocycles. The molecule has 4 heteroatoms. The van der Waals surface area contributed by atoms with Crippen molar-refractivity contribution in [1.29, 1.82) is 0 Å². The van der Waals surface area contributed by atoms with E-state index >= 15 is 0 Å². The van der Waals surface area contributed by atoms with Crippen LogP contribution in [0.4, 0.5) is 0 Å². The molecule has 0 bridgehead atoms. The van der Waals surface area contributed by atoms with E-state index in [0.717, 1.165) is 5.57 Å². The Bertz CT molecular complexity index is 241. The van der Waals surface area contributed by atoms with Crippen LogP contribution in [-0.2, 0) is 14.6 Å². The number of ether oxygens (including phenoxy) is 1. The van der Waals surface area contributed by atoms with Gasteiger partial charge >= 0.3 is 0 Å². The molecule has 1 atom stereocenters. The first-order valence-electron chi connectivity index (χ1n) is 3.87. The number of hydrogen-bond donors (Lipinski definition) is 0. The molecule has 0 aliphatic carbocycles. The van der Waals surface area contributed by atoms with Gasteiger partial charge in [-0.3, -0.25) is 0 Å². The van der Waals surface area contributed by atoms with Crippen molar-refractivity contribution in [1.82, 2.24) is 0 Å². The molecule has 72 valence electrons. The molecule has 0 N–H and O–H groups in total. The van der Waals surface area contributed by atoms with Crippen molar-refractivity contribution >= 4 is 9.84 Å². The minimum absolute atomic E-state index is 0.115. The van der Waals surface area contributed by atoms with Gasteiger partial charge in [-0.1, -0.05) is 19.1 Å². The van der Waals surface area contributed by atoms with Gasteiger partial charge in [-0.25, -0.2) is 8.42 Å². The van der Waals surface area contributed by atoms with Crippen LogP contribution in [0, 0.1) is 0 Å². The van der Waals surface area contributed by atoms with Crippen molar-refractivity contribution in [2.45, 2.75) is 26.2 Å². The summed E-state index contributed by atoms with van der Waals surface area (Å²) in [5.74, 6) is 0.115. The lowest BCUT2D eigenvalue weighted by atomic mass is 10.4. The Morgan fingerprint density at radius 2 is 2.08 bits per heavy atom. The molecular weight excluding hydrogens is 176 g/mol. The maximum atomic E-state index is 11.2. The van der Waals surface area contributed by atoms with Crippen molar-refractivity contribution in [2.24, 2.45) is 0 Å². The largest absolute Gasteiger partial charge is 0.358 e. The van der Waals surface area contributed by atoms with Gasteiger partial charge in [0.15, 0.2) is 15.3 Å². The van der Waals surface area contributed by atoms with E-state index in [1.165, 1.54) is 0 Å². The van der Waals surface area contributed by atoms with Crippen LogP contribution in [0.2, 0.25) is 0 Å². The van der Waals surface area contributed by atoms with Gasteiger partial charge in [-0.05, 0) is 13.8 Å². The zero-order valence-corrected chi connectivity index (χ0v) is 8.65. The van der Waals surface area contributed by atoms with E-state index in [1.807, 2.05) is 0 Å². The third-order valence-electron chi connectivity index (χ3n) is 1.47. The molecule has 12 heavy (non-hydrogen) atoms. The first kappa shape index (κ1) is 11.6. The van der Waals surface area contributed by atoms with E-state index in [1.54, 1.807) is 20.8 Å². The first-order valence-corrected chi connectivity index (χ1v) is 5.59. The molecule has 0 heterocycles. The number of rotatable bonds is 5. The summed E-state index contributed by atoms with van der Waals surface area (Å²) in [5, 5.41) is 0. The lowest BCUT2D eigenvalue weighted by molar-refractivity contribution is 0.138. The quantitative estimate of drug-likeness (QED) is 0.618. The van der Waals surface area contributed by atoms with Gasteiger partial charge in [0.05, 0.1) is 6.61 Å². The fourth-order valence-electron chi connectivity index (χ4n) is 0.598. The highest BCUT2D eigenvalue weighted by Crippen LogP contribution is 2.04. The zero-order valence-electron chi connectivity index (χ0n) is 7.83. The maximum absolute atomic E-state index is 11.2. The van der Waals surface area contributed by atoms with Crippen LogP contribution in [0.15, 0.2) is 12.2 Å². The van der Waals surface area contributed by atoms with E-state index in [0.29, 0.717) is 6.61 Å². The monoisotopic (exact) mass is 192 g/mol. The highest BCUT2D eigenvalue weighted by molar-refractivity contribution is 7.91. The van der Waals surface area contributed by atoms with Gasteiger partial charge in [0, 0.05) is 5.75 Å². The van der Waals surface area contributed by atoms with E-state index < -0.39 is 15.3 Å². The van der Waals surface area contributed by atoms with Crippen molar-refractivity contribution in [3.05, 3.63) is 12.2 Å². The summed E-state index contributed by atoms with van der Waals surface area (Å²) in [6.07, 6.45) is 0. The second kappa shape index (κ2) is 4.62. The Hall–Kier alpha value is -0.350. The third kappa shape index (κ3) is 3.88. The summed E-state index contributed by atoms with van der Waals surface area (Å²) in [6.45, 7) is 8.87. The van der Waals surface area contributed by atoms with Crippen LogP contribution in [0.25, 0.3) is 0 Å². The summed E-state index contributed by atoms with van der Waals surface area (Å²) in [4.78, 5) is 0. The van der Waals surface area contributed by atoms with Gasteiger partial charge in [-0.15, -0.1) is 0 Å². The SMILES string of the molecule is C=C(C)COC(C)S(=O)(=O)CC. The summed E-state index contributed by atoms with van der Waals surface area (Å²) < 4.78 is 27.4. The predicted molar refractivity (Wildman–Crippen MR) is 49.7 cm³/mol. The van der Waals surface area contributed by atoms with Gasteiger partial charge in [0.1, 0.15) is 0 Å². The summed E-state index contributed by atoms with van der Waals surface area (Å²) >= 11 is 0. The molecule has 0 saturated carbocycles. The molecule has 0 spiro atoms. The Balaban J connectivity index is 4.05. The molecule has 0 amide bonds. The molecule has 0 fully saturated rings. The fourth-order valence-corrected chi connectivity index (χ4v) is 1.34. The Kier molecular flexibility index (Phi) is 4.49. The van der Waals surface area contributed by atoms with E-state index in [-0.39, 0.29) is 5.75 Å². The Labute approximate surface area is 74.3 Å². The average molecular weight is 192 g/mol. The molecule has 0 radical (unpaired) electrons.